The lowest BCUT2D eigenvalue weighted by Crippen LogP contribution is -2.32. The molecule has 5 nitrogen and oxygen atoms in total. The van der Waals surface area contributed by atoms with Crippen LogP contribution >= 0.6 is 11.6 Å². The number of nitrogens with one attached hydrogen (secondary N) is 2. The molecule has 0 aliphatic carbocycles. The van der Waals surface area contributed by atoms with Gasteiger partial charge < -0.3 is 15.5 Å². The van der Waals surface area contributed by atoms with Gasteiger partial charge in [-0.15, -0.1) is 0 Å². The van der Waals surface area contributed by atoms with Gasteiger partial charge in [-0.1, -0.05) is 11.6 Å². The zero-order valence-corrected chi connectivity index (χ0v) is 12.5. The highest BCUT2D eigenvalue weighted by atomic mass is 35.5. The molecule has 1 rings (SSSR count). The molecule has 0 atom stereocenters. The van der Waals surface area contributed by atoms with Crippen LogP contribution in [0.25, 0.3) is 0 Å². The summed E-state index contributed by atoms with van der Waals surface area (Å²) >= 11 is 5.87. The Bertz CT molecular complexity index is 428. The summed E-state index contributed by atoms with van der Waals surface area (Å²) in [7, 11) is 3.22. The molecule has 0 aliphatic heterocycles. The number of rotatable bonds is 7. The Balaban J connectivity index is 2.69. The molecule has 20 heavy (non-hydrogen) atoms. The van der Waals surface area contributed by atoms with Crippen molar-refractivity contribution >= 4 is 29.1 Å². The quantitative estimate of drug-likeness (QED) is 0.800. The first-order chi connectivity index (χ1) is 9.56. The molecule has 0 aromatic heterocycles. The highest BCUT2D eigenvalue weighted by molar-refractivity contribution is 6.30. The Kier molecular flexibility index (Phi) is 6.87. The van der Waals surface area contributed by atoms with E-state index < -0.39 is 0 Å². The van der Waals surface area contributed by atoms with Crippen molar-refractivity contribution in [2.75, 3.05) is 32.1 Å². The summed E-state index contributed by atoms with van der Waals surface area (Å²) in [5.74, 6) is -0.0483. The zero-order chi connectivity index (χ0) is 15.0. The molecule has 2 amide bonds. The van der Waals surface area contributed by atoms with Gasteiger partial charge in [-0.2, -0.15) is 0 Å². The van der Waals surface area contributed by atoms with Gasteiger partial charge in [0.15, 0.2) is 0 Å². The van der Waals surface area contributed by atoms with Crippen molar-refractivity contribution in [3.8, 4) is 0 Å². The molecule has 0 saturated carbocycles. The first kappa shape index (κ1) is 16.3. The maximum absolute atomic E-state index is 11.4. The number of carbonyl (C=O) groups is 2. The Morgan fingerprint density at radius 2 is 1.45 bits per heavy atom. The monoisotopic (exact) mass is 297 g/mol. The molecule has 0 fully saturated rings. The second-order valence-corrected chi connectivity index (χ2v) is 4.75. The molecule has 0 spiro atoms. The van der Waals surface area contributed by atoms with Crippen molar-refractivity contribution in [2.45, 2.75) is 12.8 Å². The molecule has 0 unspecified atom stereocenters. The molecule has 110 valence electrons. The van der Waals surface area contributed by atoms with Crippen molar-refractivity contribution in [3.63, 3.8) is 0 Å². The topological polar surface area (TPSA) is 61.4 Å². The second kappa shape index (κ2) is 8.43. The SMILES string of the molecule is CNC(=O)CCN(CCC(=O)NC)c1ccc(Cl)cc1. The fraction of sp³-hybridized carbons (Fsp3) is 0.429. The molecule has 0 bridgehead atoms. The van der Waals surface area contributed by atoms with E-state index in [9.17, 15) is 9.59 Å². The van der Waals surface area contributed by atoms with E-state index in [4.69, 9.17) is 11.6 Å². The van der Waals surface area contributed by atoms with E-state index in [0.717, 1.165) is 5.69 Å². The van der Waals surface area contributed by atoms with Gasteiger partial charge in [-0.25, -0.2) is 0 Å². The number of hydrogen-bond donors (Lipinski definition) is 2. The van der Waals surface area contributed by atoms with Gasteiger partial charge >= 0.3 is 0 Å². The van der Waals surface area contributed by atoms with Crippen LogP contribution in [0.4, 0.5) is 5.69 Å². The van der Waals surface area contributed by atoms with E-state index >= 15 is 0 Å². The van der Waals surface area contributed by atoms with Crippen LogP contribution in [0.15, 0.2) is 24.3 Å². The number of nitrogens with zero attached hydrogens (tertiary/aromatic N) is 1. The minimum Gasteiger partial charge on any atom is -0.370 e. The number of halogens is 1. The van der Waals surface area contributed by atoms with Crippen LogP contribution in [0.2, 0.25) is 5.02 Å². The maximum atomic E-state index is 11.4. The summed E-state index contributed by atoms with van der Waals surface area (Å²) in [5, 5.41) is 5.84. The van der Waals surface area contributed by atoms with Gasteiger partial charge in [0.05, 0.1) is 0 Å². The lowest BCUT2D eigenvalue weighted by atomic mass is 10.2. The Morgan fingerprint density at radius 3 is 1.85 bits per heavy atom. The minimum absolute atomic E-state index is 0.0242. The summed E-state index contributed by atoms with van der Waals surface area (Å²) < 4.78 is 0. The third-order valence-corrected chi connectivity index (χ3v) is 3.22. The van der Waals surface area contributed by atoms with Gasteiger partial charge in [0, 0.05) is 50.7 Å². The third-order valence-electron chi connectivity index (χ3n) is 2.97. The molecule has 6 heteroatoms. The largest absolute Gasteiger partial charge is 0.370 e. The summed E-state index contributed by atoms with van der Waals surface area (Å²) in [6, 6.07) is 7.36. The molecule has 1 aromatic rings. The van der Waals surface area contributed by atoms with Crippen molar-refractivity contribution in [2.24, 2.45) is 0 Å². The van der Waals surface area contributed by atoms with E-state index in [1.807, 2.05) is 17.0 Å². The number of benzene rings is 1. The van der Waals surface area contributed by atoms with Crippen molar-refractivity contribution in [1.82, 2.24) is 10.6 Å². The lowest BCUT2D eigenvalue weighted by Gasteiger charge is -2.24. The molecular formula is C14H20ClN3O2. The first-order valence-corrected chi connectivity index (χ1v) is 6.86. The molecule has 0 heterocycles. The van der Waals surface area contributed by atoms with E-state index in [0.29, 0.717) is 31.0 Å². The molecule has 0 radical (unpaired) electrons. The van der Waals surface area contributed by atoms with Gasteiger partial charge in [-0.3, -0.25) is 9.59 Å². The Morgan fingerprint density at radius 1 is 1.00 bits per heavy atom. The molecule has 2 N–H and O–H groups in total. The first-order valence-electron chi connectivity index (χ1n) is 6.48. The third kappa shape index (κ3) is 5.48. The summed E-state index contributed by atoms with van der Waals surface area (Å²) in [5.41, 5.74) is 0.946. The average Bonchev–Trinajstić information content (AvgIpc) is 2.47. The van der Waals surface area contributed by atoms with Crippen molar-refractivity contribution < 1.29 is 9.59 Å². The number of anilines is 1. The smallest absolute Gasteiger partial charge is 0.221 e. The van der Waals surface area contributed by atoms with Crippen LogP contribution < -0.4 is 15.5 Å². The van der Waals surface area contributed by atoms with E-state index in [1.165, 1.54) is 0 Å². The van der Waals surface area contributed by atoms with Crippen molar-refractivity contribution in [3.05, 3.63) is 29.3 Å². The molecular weight excluding hydrogens is 278 g/mol. The second-order valence-electron chi connectivity index (χ2n) is 4.31. The molecule has 1 aromatic carbocycles. The van der Waals surface area contributed by atoms with E-state index in [2.05, 4.69) is 10.6 Å². The van der Waals surface area contributed by atoms with E-state index in [1.54, 1.807) is 26.2 Å². The van der Waals surface area contributed by atoms with Crippen LogP contribution in [-0.4, -0.2) is 39.0 Å². The van der Waals surface area contributed by atoms with Crippen LogP contribution in [0.3, 0.4) is 0 Å². The average molecular weight is 298 g/mol. The van der Waals surface area contributed by atoms with Crippen molar-refractivity contribution in [1.29, 1.82) is 0 Å². The van der Waals surface area contributed by atoms with Gasteiger partial charge in [-0.05, 0) is 24.3 Å². The summed E-state index contributed by atoms with van der Waals surface area (Å²) in [4.78, 5) is 24.7. The number of carbonyl (C=O) groups excluding carboxylic acids is 2. The highest BCUT2D eigenvalue weighted by Gasteiger charge is 2.10. The fourth-order valence-corrected chi connectivity index (χ4v) is 1.87. The Hall–Kier alpha value is -1.75. The molecule has 0 saturated heterocycles. The van der Waals surface area contributed by atoms with Gasteiger partial charge in [0.25, 0.3) is 0 Å². The molecule has 0 aliphatic rings. The van der Waals surface area contributed by atoms with Crippen LogP contribution in [0, 0.1) is 0 Å². The van der Waals surface area contributed by atoms with Gasteiger partial charge in [0.1, 0.15) is 0 Å². The maximum Gasteiger partial charge on any atom is 0.221 e. The fourth-order valence-electron chi connectivity index (χ4n) is 1.74. The van der Waals surface area contributed by atoms with Gasteiger partial charge in [0.2, 0.25) is 11.8 Å². The highest BCUT2D eigenvalue weighted by Crippen LogP contribution is 2.18. The minimum atomic E-state index is -0.0242. The van der Waals surface area contributed by atoms with Crippen LogP contribution in [0.1, 0.15) is 12.8 Å². The standard InChI is InChI=1S/C14H20ClN3O2/c1-16-13(19)7-9-18(10-8-14(20)17-2)12-5-3-11(15)4-6-12/h3-6H,7-10H2,1-2H3,(H,16,19)(H,17,20). The predicted molar refractivity (Wildman–Crippen MR) is 81.0 cm³/mol. The summed E-state index contributed by atoms with van der Waals surface area (Å²) in [6.07, 6.45) is 0.764. The lowest BCUT2D eigenvalue weighted by molar-refractivity contribution is -0.120. The van der Waals surface area contributed by atoms with Crippen LogP contribution in [-0.2, 0) is 9.59 Å². The zero-order valence-electron chi connectivity index (χ0n) is 11.8. The normalized spacial score (nSPS) is 9.95. The number of hydrogen-bond acceptors (Lipinski definition) is 3. The Labute approximate surface area is 124 Å². The summed E-state index contributed by atoms with van der Waals surface area (Å²) in [6.45, 7) is 1.11. The number of amides is 2. The van der Waals surface area contributed by atoms with Crippen LogP contribution in [0.5, 0.6) is 0 Å². The predicted octanol–water partition coefficient (Wildman–Crippen LogP) is 1.42. The van der Waals surface area contributed by atoms with E-state index in [-0.39, 0.29) is 11.8 Å².